The molecule has 144 valence electrons. The molecule has 1 saturated heterocycles. The summed E-state index contributed by atoms with van der Waals surface area (Å²) in [6, 6.07) is 13.9. The summed E-state index contributed by atoms with van der Waals surface area (Å²) in [6.45, 7) is 6.70. The summed E-state index contributed by atoms with van der Waals surface area (Å²) in [5, 5.41) is 9.32. The summed E-state index contributed by atoms with van der Waals surface area (Å²) in [5.41, 5.74) is 5.42. The zero-order valence-corrected chi connectivity index (χ0v) is 16.6. The van der Waals surface area contributed by atoms with Crippen molar-refractivity contribution in [2.45, 2.75) is 13.8 Å². The van der Waals surface area contributed by atoms with Crippen molar-refractivity contribution in [2.24, 2.45) is 0 Å². The molecule has 0 saturated carbocycles. The molecule has 28 heavy (non-hydrogen) atoms. The molecule has 0 spiro atoms. The molecule has 0 unspecified atom stereocenters. The zero-order chi connectivity index (χ0) is 20.1. The van der Waals surface area contributed by atoms with Crippen LogP contribution in [0, 0.1) is 25.2 Å². The lowest BCUT2D eigenvalue weighted by atomic mass is 9.98. The SMILES string of the molecule is CO/C=C/c1cc(C(=O)N2CCN(c3ccccc3C#N)CC2)c(C)cc1C. The van der Waals surface area contributed by atoms with Crippen LogP contribution in [0.15, 0.2) is 42.7 Å². The average molecular weight is 375 g/mol. The summed E-state index contributed by atoms with van der Waals surface area (Å²) in [6.07, 6.45) is 3.50. The van der Waals surface area contributed by atoms with Gasteiger partial charge in [0.1, 0.15) is 6.07 Å². The van der Waals surface area contributed by atoms with Crippen molar-refractivity contribution in [2.75, 3.05) is 38.2 Å². The van der Waals surface area contributed by atoms with Crippen molar-refractivity contribution < 1.29 is 9.53 Å². The Labute approximate surface area is 166 Å². The normalized spacial score (nSPS) is 14.2. The van der Waals surface area contributed by atoms with E-state index < -0.39 is 0 Å². The Morgan fingerprint density at radius 2 is 1.82 bits per heavy atom. The summed E-state index contributed by atoms with van der Waals surface area (Å²) in [7, 11) is 1.61. The second kappa shape index (κ2) is 8.62. The number of carbonyl (C=O) groups excluding carboxylic acids is 1. The maximum atomic E-state index is 13.1. The molecule has 3 rings (SSSR count). The number of nitriles is 1. The smallest absolute Gasteiger partial charge is 0.254 e. The van der Waals surface area contributed by atoms with Gasteiger partial charge in [0, 0.05) is 31.7 Å². The zero-order valence-electron chi connectivity index (χ0n) is 16.6. The van der Waals surface area contributed by atoms with Gasteiger partial charge in [0.15, 0.2) is 0 Å². The molecule has 0 radical (unpaired) electrons. The molecule has 0 aromatic heterocycles. The molecule has 5 nitrogen and oxygen atoms in total. The molecule has 0 aliphatic carbocycles. The average Bonchev–Trinajstić information content (AvgIpc) is 2.73. The van der Waals surface area contributed by atoms with E-state index in [4.69, 9.17) is 4.74 Å². The van der Waals surface area contributed by atoms with Crippen molar-refractivity contribution in [3.63, 3.8) is 0 Å². The van der Waals surface area contributed by atoms with E-state index in [-0.39, 0.29) is 5.91 Å². The number of aryl methyl sites for hydroxylation is 2. The molecule has 2 aromatic rings. The van der Waals surface area contributed by atoms with Gasteiger partial charge < -0.3 is 14.5 Å². The number of nitrogens with zero attached hydrogens (tertiary/aromatic N) is 3. The van der Waals surface area contributed by atoms with Gasteiger partial charge in [-0.05, 0) is 54.8 Å². The number of benzene rings is 2. The van der Waals surface area contributed by atoms with Crippen LogP contribution < -0.4 is 4.90 Å². The molecule has 0 N–H and O–H groups in total. The van der Waals surface area contributed by atoms with Crippen LogP contribution in [0.4, 0.5) is 5.69 Å². The Kier molecular flexibility index (Phi) is 6.00. The number of methoxy groups -OCH3 is 1. The maximum absolute atomic E-state index is 13.1. The minimum Gasteiger partial charge on any atom is -0.504 e. The van der Waals surface area contributed by atoms with Crippen LogP contribution >= 0.6 is 0 Å². The first-order valence-corrected chi connectivity index (χ1v) is 9.39. The predicted octanol–water partition coefficient (Wildman–Crippen LogP) is 3.75. The standard InChI is InChI=1S/C23H25N3O2/c1-17-14-18(2)21(15-19(17)8-13-28-3)23(27)26-11-9-25(10-12-26)22-7-5-4-6-20(22)16-24/h4-8,13-15H,9-12H2,1-3H3/b13-8+. The van der Waals surface area contributed by atoms with Crippen LogP contribution in [0.2, 0.25) is 0 Å². The highest BCUT2D eigenvalue weighted by molar-refractivity contribution is 5.96. The van der Waals surface area contributed by atoms with Gasteiger partial charge in [-0.3, -0.25) is 4.79 Å². The molecular weight excluding hydrogens is 350 g/mol. The number of para-hydroxylation sites is 1. The number of amides is 1. The van der Waals surface area contributed by atoms with Crippen molar-refractivity contribution >= 4 is 17.7 Å². The fourth-order valence-corrected chi connectivity index (χ4v) is 3.59. The summed E-state index contributed by atoms with van der Waals surface area (Å²) < 4.78 is 5.02. The molecule has 1 amide bonds. The van der Waals surface area contributed by atoms with E-state index in [0.29, 0.717) is 31.7 Å². The van der Waals surface area contributed by atoms with Crippen LogP contribution in [0.1, 0.15) is 32.6 Å². The topological polar surface area (TPSA) is 56.6 Å². The molecule has 0 bridgehead atoms. The Bertz CT molecular complexity index is 935. The van der Waals surface area contributed by atoms with Crippen LogP contribution in [-0.4, -0.2) is 44.1 Å². The molecule has 5 heteroatoms. The lowest BCUT2D eigenvalue weighted by Crippen LogP contribution is -2.49. The van der Waals surface area contributed by atoms with Crippen molar-refractivity contribution in [3.05, 3.63) is 70.5 Å². The van der Waals surface area contributed by atoms with Crippen molar-refractivity contribution in [1.82, 2.24) is 4.90 Å². The van der Waals surface area contributed by atoms with E-state index in [1.165, 1.54) is 0 Å². The number of piperazine rings is 1. The predicted molar refractivity (Wildman–Crippen MR) is 111 cm³/mol. The van der Waals surface area contributed by atoms with Gasteiger partial charge in [0.2, 0.25) is 0 Å². The Balaban J connectivity index is 1.75. The van der Waals surface area contributed by atoms with E-state index in [1.54, 1.807) is 13.4 Å². The summed E-state index contributed by atoms with van der Waals surface area (Å²) >= 11 is 0. The second-order valence-corrected chi connectivity index (χ2v) is 6.97. The third kappa shape index (κ3) is 4.01. The number of hydrogen-bond donors (Lipinski definition) is 0. The van der Waals surface area contributed by atoms with Gasteiger partial charge in [-0.25, -0.2) is 0 Å². The van der Waals surface area contributed by atoms with Crippen LogP contribution in [0.5, 0.6) is 0 Å². The van der Waals surface area contributed by atoms with E-state index in [0.717, 1.165) is 27.9 Å². The maximum Gasteiger partial charge on any atom is 0.254 e. The van der Waals surface area contributed by atoms with Gasteiger partial charge in [-0.2, -0.15) is 5.26 Å². The first-order chi connectivity index (χ1) is 13.5. The number of anilines is 1. The minimum absolute atomic E-state index is 0.0535. The first kappa shape index (κ1) is 19.5. The Morgan fingerprint density at radius 1 is 1.11 bits per heavy atom. The van der Waals surface area contributed by atoms with E-state index in [9.17, 15) is 10.1 Å². The van der Waals surface area contributed by atoms with Gasteiger partial charge in [0.25, 0.3) is 5.91 Å². The number of carbonyl (C=O) groups is 1. The molecule has 1 heterocycles. The fourth-order valence-electron chi connectivity index (χ4n) is 3.59. The molecule has 1 aliphatic heterocycles. The largest absolute Gasteiger partial charge is 0.504 e. The summed E-state index contributed by atoms with van der Waals surface area (Å²) in [4.78, 5) is 17.2. The highest BCUT2D eigenvalue weighted by Gasteiger charge is 2.24. The van der Waals surface area contributed by atoms with Gasteiger partial charge >= 0.3 is 0 Å². The highest BCUT2D eigenvalue weighted by Crippen LogP contribution is 2.23. The highest BCUT2D eigenvalue weighted by atomic mass is 16.5. The van der Waals surface area contributed by atoms with Crippen LogP contribution in [0.3, 0.4) is 0 Å². The molecule has 0 atom stereocenters. The third-order valence-electron chi connectivity index (χ3n) is 5.16. The lowest BCUT2D eigenvalue weighted by Gasteiger charge is -2.36. The molecular formula is C23H25N3O2. The van der Waals surface area contributed by atoms with E-state index in [1.807, 2.05) is 61.2 Å². The number of ether oxygens (including phenoxy) is 1. The second-order valence-electron chi connectivity index (χ2n) is 6.97. The molecule has 1 fully saturated rings. The monoisotopic (exact) mass is 375 g/mol. The van der Waals surface area contributed by atoms with Gasteiger partial charge in [-0.1, -0.05) is 18.2 Å². The molecule has 2 aromatic carbocycles. The fraction of sp³-hybridized carbons (Fsp3) is 0.304. The van der Waals surface area contributed by atoms with Gasteiger partial charge in [0.05, 0.1) is 24.6 Å². The Hall–Kier alpha value is -3.26. The molecule has 1 aliphatic rings. The number of hydrogen-bond acceptors (Lipinski definition) is 4. The van der Waals surface area contributed by atoms with Crippen LogP contribution in [-0.2, 0) is 4.74 Å². The minimum atomic E-state index is 0.0535. The first-order valence-electron chi connectivity index (χ1n) is 9.39. The van der Waals surface area contributed by atoms with Gasteiger partial charge in [-0.15, -0.1) is 0 Å². The van der Waals surface area contributed by atoms with E-state index in [2.05, 4.69) is 11.0 Å². The summed E-state index contributed by atoms with van der Waals surface area (Å²) in [5.74, 6) is 0.0535. The quantitative estimate of drug-likeness (QED) is 0.764. The Morgan fingerprint density at radius 3 is 2.50 bits per heavy atom. The van der Waals surface area contributed by atoms with Crippen molar-refractivity contribution in [1.29, 1.82) is 5.26 Å². The lowest BCUT2D eigenvalue weighted by molar-refractivity contribution is 0.0746. The number of rotatable bonds is 4. The third-order valence-corrected chi connectivity index (χ3v) is 5.16. The van der Waals surface area contributed by atoms with Crippen molar-refractivity contribution in [3.8, 4) is 6.07 Å². The van der Waals surface area contributed by atoms with Crippen LogP contribution in [0.25, 0.3) is 6.08 Å². The van der Waals surface area contributed by atoms with E-state index >= 15 is 0 Å².